The molecule has 0 spiro atoms. The molecule has 1 aliphatic heterocycles. The molecule has 0 amide bonds. The van der Waals surface area contributed by atoms with Crippen LogP contribution in [0.25, 0.3) is 0 Å². The monoisotopic (exact) mass is 286 g/mol. The first kappa shape index (κ1) is 13.9. The highest BCUT2D eigenvalue weighted by Gasteiger charge is 2.22. The molecule has 110 valence electrons. The summed E-state index contributed by atoms with van der Waals surface area (Å²) in [5.74, 6) is 0.574. The molecule has 4 nitrogen and oxygen atoms in total. The van der Waals surface area contributed by atoms with Crippen LogP contribution in [-0.4, -0.2) is 23.1 Å². The lowest BCUT2D eigenvalue weighted by Gasteiger charge is -2.18. The molecule has 0 saturated heterocycles. The van der Waals surface area contributed by atoms with E-state index >= 15 is 0 Å². The fourth-order valence-electron chi connectivity index (χ4n) is 2.59. The first-order chi connectivity index (χ1) is 10.3. The molecular weight excluding hydrogens is 267 g/mol. The Bertz CT molecular complexity index is 629. The Morgan fingerprint density at radius 3 is 3.10 bits per heavy atom. The summed E-state index contributed by atoms with van der Waals surface area (Å²) in [7, 11) is 0. The normalized spacial score (nSPS) is 13.5. The van der Waals surface area contributed by atoms with E-state index in [1.54, 1.807) is 18.5 Å². The molecule has 1 N–H and O–H groups in total. The molecule has 0 radical (unpaired) electrons. The number of benzene rings is 1. The number of hydrogen-bond acceptors (Lipinski definition) is 4. The van der Waals surface area contributed by atoms with Gasteiger partial charge in [-0.3, -0.25) is 4.98 Å². The summed E-state index contributed by atoms with van der Waals surface area (Å²) in [5.41, 5.74) is 2.97. The van der Waals surface area contributed by atoms with Crippen LogP contribution in [0.4, 0.5) is 15.9 Å². The number of halogens is 1. The van der Waals surface area contributed by atoms with E-state index in [1.807, 2.05) is 11.0 Å². The summed E-state index contributed by atoms with van der Waals surface area (Å²) < 4.78 is 13.5. The van der Waals surface area contributed by atoms with E-state index < -0.39 is 0 Å². The minimum atomic E-state index is -0.214. The number of anilines is 2. The number of fused-ring (bicyclic) bond motifs is 1. The molecule has 0 bridgehead atoms. The van der Waals surface area contributed by atoms with E-state index in [1.165, 1.54) is 6.07 Å². The maximum atomic E-state index is 13.5. The van der Waals surface area contributed by atoms with Crippen LogP contribution in [0.2, 0.25) is 0 Å². The van der Waals surface area contributed by atoms with Crippen LogP contribution in [0.1, 0.15) is 24.6 Å². The van der Waals surface area contributed by atoms with Crippen LogP contribution in [-0.2, 0) is 13.0 Å². The van der Waals surface area contributed by atoms with E-state index in [9.17, 15) is 4.39 Å². The molecule has 1 aromatic heterocycles. The van der Waals surface area contributed by atoms with E-state index in [0.29, 0.717) is 6.54 Å². The highest BCUT2D eigenvalue weighted by Crippen LogP contribution is 2.33. The van der Waals surface area contributed by atoms with Crippen molar-refractivity contribution in [2.45, 2.75) is 26.3 Å². The second kappa shape index (κ2) is 6.18. The van der Waals surface area contributed by atoms with Gasteiger partial charge >= 0.3 is 0 Å². The van der Waals surface area contributed by atoms with Gasteiger partial charge in [0.15, 0.2) is 5.82 Å². The molecule has 2 aromatic rings. The fourth-order valence-corrected chi connectivity index (χ4v) is 2.59. The highest BCUT2D eigenvalue weighted by molar-refractivity contribution is 5.67. The SMILES string of the molecule is CCCNCc1cncc(N2CCc3ccc(F)cc32)n1. The zero-order valence-electron chi connectivity index (χ0n) is 12.1. The number of hydrogen-bond donors (Lipinski definition) is 1. The predicted molar refractivity (Wildman–Crippen MR) is 81.1 cm³/mol. The van der Waals surface area contributed by atoms with Gasteiger partial charge in [-0.2, -0.15) is 0 Å². The number of nitrogens with one attached hydrogen (secondary N) is 1. The summed E-state index contributed by atoms with van der Waals surface area (Å²) >= 11 is 0. The van der Waals surface area contributed by atoms with Crippen molar-refractivity contribution in [3.05, 3.63) is 47.7 Å². The van der Waals surface area contributed by atoms with Crippen LogP contribution in [0, 0.1) is 5.82 Å². The van der Waals surface area contributed by atoms with Crippen molar-refractivity contribution >= 4 is 11.5 Å². The average molecular weight is 286 g/mol. The molecule has 3 rings (SSSR count). The minimum absolute atomic E-state index is 0.214. The second-order valence-corrected chi connectivity index (χ2v) is 5.22. The van der Waals surface area contributed by atoms with Gasteiger partial charge in [0.25, 0.3) is 0 Å². The van der Waals surface area contributed by atoms with E-state index in [0.717, 1.165) is 48.7 Å². The maximum absolute atomic E-state index is 13.5. The van der Waals surface area contributed by atoms with E-state index in [4.69, 9.17) is 0 Å². The van der Waals surface area contributed by atoms with Crippen molar-refractivity contribution < 1.29 is 4.39 Å². The Labute approximate surface area is 124 Å². The van der Waals surface area contributed by atoms with Gasteiger partial charge in [0.2, 0.25) is 0 Å². The van der Waals surface area contributed by atoms with Gasteiger partial charge in [-0.05, 0) is 37.1 Å². The minimum Gasteiger partial charge on any atom is -0.324 e. The lowest BCUT2D eigenvalue weighted by molar-refractivity contribution is 0.628. The van der Waals surface area contributed by atoms with Crippen molar-refractivity contribution in [3.8, 4) is 0 Å². The van der Waals surface area contributed by atoms with E-state index in [-0.39, 0.29) is 5.82 Å². The zero-order valence-corrected chi connectivity index (χ0v) is 12.1. The summed E-state index contributed by atoms with van der Waals surface area (Å²) in [6, 6.07) is 4.94. The Balaban J connectivity index is 1.82. The Kier molecular flexibility index (Phi) is 4.10. The van der Waals surface area contributed by atoms with E-state index in [2.05, 4.69) is 22.2 Å². The van der Waals surface area contributed by atoms with Crippen molar-refractivity contribution in [3.63, 3.8) is 0 Å². The van der Waals surface area contributed by atoms with Crippen molar-refractivity contribution in [2.75, 3.05) is 18.0 Å². The van der Waals surface area contributed by atoms with Crippen LogP contribution >= 0.6 is 0 Å². The second-order valence-electron chi connectivity index (χ2n) is 5.22. The van der Waals surface area contributed by atoms with Crippen LogP contribution in [0.15, 0.2) is 30.6 Å². The summed E-state index contributed by atoms with van der Waals surface area (Å²) in [6.07, 6.45) is 5.51. The molecule has 0 atom stereocenters. The molecule has 0 aliphatic carbocycles. The van der Waals surface area contributed by atoms with Crippen LogP contribution in [0.3, 0.4) is 0 Å². The van der Waals surface area contributed by atoms with Crippen molar-refractivity contribution in [1.29, 1.82) is 0 Å². The molecule has 0 unspecified atom stereocenters. The summed E-state index contributed by atoms with van der Waals surface area (Å²) in [4.78, 5) is 10.9. The molecule has 5 heteroatoms. The molecule has 1 aromatic carbocycles. The number of nitrogens with zero attached hydrogens (tertiary/aromatic N) is 3. The number of aromatic nitrogens is 2. The molecule has 0 saturated carbocycles. The van der Waals surface area contributed by atoms with Crippen molar-refractivity contribution in [2.24, 2.45) is 0 Å². The Morgan fingerprint density at radius 1 is 1.33 bits per heavy atom. The molecule has 2 heterocycles. The van der Waals surface area contributed by atoms with Gasteiger partial charge in [0.1, 0.15) is 5.82 Å². The van der Waals surface area contributed by atoms with Gasteiger partial charge in [0, 0.05) is 25.0 Å². The van der Waals surface area contributed by atoms with Gasteiger partial charge in [-0.15, -0.1) is 0 Å². The average Bonchev–Trinajstić information content (AvgIpc) is 2.91. The summed E-state index contributed by atoms with van der Waals surface area (Å²) in [5, 5.41) is 3.32. The third-order valence-corrected chi connectivity index (χ3v) is 3.62. The molecule has 21 heavy (non-hydrogen) atoms. The van der Waals surface area contributed by atoms with Crippen molar-refractivity contribution in [1.82, 2.24) is 15.3 Å². The quantitative estimate of drug-likeness (QED) is 0.858. The number of rotatable bonds is 5. The Hall–Kier alpha value is -2.01. The molecule has 1 aliphatic rings. The molecule has 0 fully saturated rings. The molecular formula is C16H19FN4. The topological polar surface area (TPSA) is 41.1 Å². The highest BCUT2D eigenvalue weighted by atomic mass is 19.1. The smallest absolute Gasteiger partial charge is 0.151 e. The maximum Gasteiger partial charge on any atom is 0.151 e. The standard InChI is InChI=1S/C16H19FN4/c1-2-6-18-9-14-10-19-11-16(20-14)21-7-5-12-3-4-13(17)8-15(12)21/h3-4,8,10-11,18H,2,5-7,9H2,1H3. The lowest BCUT2D eigenvalue weighted by Crippen LogP contribution is -2.18. The van der Waals surface area contributed by atoms with Gasteiger partial charge < -0.3 is 10.2 Å². The van der Waals surface area contributed by atoms with Crippen LogP contribution < -0.4 is 10.2 Å². The fraction of sp³-hybridized carbons (Fsp3) is 0.375. The summed E-state index contributed by atoms with van der Waals surface area (Å²) in [6.45, 7) is 4.62. The largest absolute Gasteiger partial charge is 0.324 e. The van der Waals surface area contributed by atoms with Crippen LogP contribution in [0.5, 0.6) is 0 Å². The first-order valence-corrected chi connectivity index (χ1v) is 7.35. The zero-order chi connectivity index (χ0) is 14.7. The predicted octanol–water partition coefficient (Wildman–Crippen LogP) is 2.81. The van der Waals surface area contributed by atoms with Gasteiger partial charge in [-0.25, -0.2) is 9.37 Å². The lowest BCUT2D eigenvalue weighted by atomic mass is 10.2. The third kappa shape index (κ3) is 3.03. The third-order valence-electron chi connectivity index (χ3n) is 3.62. The van der Waals surface area contributed by atoms with Gasteiger partial charge in [0.05, 0.1) is 11.9 Å². The van der Waals surface area contributed by atoms with Gasteiger partial charge in [-0.1, -0.05) is 13.0 Å². The Morgan fingerprint density at radius 2 is 2.24 bits per heavy atom. The first-order valence-electron chi connectivity index (χ1n) is 7.35.